The van der Waals surface area contributed by atoms with Crippen LogP contribution in [0.5, 0.6) is 0 Å². The Hall–Kier alpha value is -2.35. The highest BCUT2D eigenvalue weighted by atomic mass is 19.1. The third-order valence-corrected chi connectivity index (χ3v) is 3.31. The molecule has 7 nitrogen and oxygen atoms in total. The summed E-state index contributed by atoms with van der Waals surface area (Å²) in [7, 11) is 2.87. The summed E-state index contributed by atoms with van der Waals surface area (Å²) < 4.78 is 18.4. The summed E-state index contributed by atoms with van der Waals surface area (Å²) in [5, 5.41) is 11.6. The van der Waals surface area contributed by atoms with Gasteiger partial charge in [0, 0.05) is 13.0 Å². The fourth-order valence-electron chi connectivity index (χ4n) is 2.21. The Morgan fingerprint density at radius 1 is 1.52 bits per heavy atom. The lowest BCUT2D eigenvalue weighted by Gasteiger charge is -2.28. The minimum Gasteiger partial charge on any atom is -0.468 e. The molecule has 112 valence electrons. The van der Waals surface area contributed by atoms with Gasteiger partial charge >= 0.3 is 5.97 Å². The van der Waals surface area contributed by atoms with Crippen LogP contribution in [0.25, 0.3) is 0 Å². The smallest absolute Gasteiger partial charge is 0.318 e. The van der Waals surface area contributed by atoms with Gasteiger partial charge in [0.1, 0.15) is 11.2 Å². The highest BCUT2D eigenvalue weighted by molar-refractivity contribution is 5.83. The van der Waals surface area contributed by atoms with Gasteiger partial charge in [-0.15, -0.1) is 10.2 Å². The molecule has 1 unspecified atom stereocenters. The van der Waals surface area contributed by atoms with E-state index in [9.17, 15) is 9.18 Å². The van der Waals surface area contributed by atoms with Gasteiger partial charge in [0.25, 0.3) is 0 Å². The molecular weight excluding hydrogens is 277 g/mol. The molecule has 2 N–H and O–H groups in total. The van der Waals surface area contributed by atoms with Crippen LogP contribution in [0, 0.1) is 5.82 Å². The second-order valence-corrected chi connectivity index (χ2v) is 4.66. The van der Waals surface area contributed by atoms with E-state index in [0.29, 0.717) is 11.4 Å². The molecule has 21 heavy (non-hydrogen) atoms. The highest BCUT2D eigenvalue weighted by Gasteiger charge is 2.42. The molecule has 2 rings (SSSR count). The number of tetrazole rings is 1. The summed E-state index contributed by atoms with van der Waals surface area (Å²) in [6.45, 7) is -0.0681. The Balaban J connectivity index is 2.50. The van der Waals surface area contributed by atoms with Gasteiger partial charge in [-0.3, -0.25) is 4.79 Å². The van der Waals surface area contributed by atoms with Crippen LogP contribution in [0.15, 0.2) is 24.3 Å². The predicted molar refractivity (Wildman–Crippen MR) is 71.7 cm³/mol. The van der Waals surface area contributed by atoms with E-state index in [0.717, 1.165) is 0 Å². The van der Waals surface area contributed by atoms with Crippen LogP contribution < -0.4 is 5.73 Å². The largest absolute Gasteiger partial charge is 0.468 e. The standard InChI is InChI=1S/C13H16FN5O2/c1-19-17-11(16-18-19)7-13(8-15,12(20)21-2)9-4-3-5-10(14)6-9/h3-6H,7-8,15H2,1-2H3. The van der Waals surface area contributed by atoms with Crippen LogP contribution in [0.4, 0.5) is 4.39 Å². The van der Waals surface area contributed by atoms with Gasteiger partial charge in [-0.05, 0) is 22.9 Å². The van der Waals surface area contributed by atoms with Crippen LogP contribution in [0.3, 0.4) is 0 Å². The lowest BCUT2D eigenvalue weighted by molar-refractivity contribution is -0.147. The van der Waals surface area contributed by atoms with Crippen LogP contribution in [0.1, 0.15) is 11.4 Å². The number of carbonyl (C=O) groups is 1. The van der Waals surface area contributed by atoms with Crippen LogP contribution in [-0.4, -0.2) is 39.8 Å². The van der Waals surface area contributed by atoms with E-state index in [1.807, 2.05) is 0 Å². The normalized spacial score (nSPS) is 13.7. The average Bonchev–Trinajstić information content (AvgIpc) is 2.89. The Morgan fingerprint density at radius 2 is 2.29 bits per heavy atom. The molecule has 2 aromatic rings. The molecule has 8 heteroatoms. The van der Waals surface area contributed by atoms with E-state index in [1.165, 1.54) is 30.1 Å². The number of hydrogen-bond donors (Lipinski definition) is 1. The molecule has 1 aromatic heterocycles. The molecule has 0 aliphatic heterocycles. The first kappa shape index (κ1) is 15.0. The van der Waals surface area contributed by atoms with E-state index >= 15 is 0 Å². The van der Waals surface area contributed by atoms with Crippen molar-refractivity contribution in [3.05, 3.63) is 41.5 Å². The second-order valence-electron chi connectivity index (χ2n) is 4.66. The summed E-state index contributed by atoms with van der Waals surface area (Å²) in [4.78, 5) is 13.6. The van der Waals surface area contributed by atoms with Crippen molar-refractivity contribution in [3.8, 4) is 0 Å². The van der Waals surface area contributed by atoms with Crippen molar-refractivity contribution >= 4 is 5.97 Å². The maximum atomic E-state index is 13.5. The van der Waals surface area contributed by atoms with Crippen molar-refractivity contribution in [2.75, 3.05) is 13.7 Å². The number of esters is 1. The first-order chi connectivity index (χ1) is 10.0. The zero-order chi connectivity index (χ0) is 15.5. The van der Waals surface area contributed by atoms with Crippen molar-refractivity contribution < 1.29 is 13.9 Å². The van der Waals surface area contributed by atoms with Crippen molar-refractivity contribution in [2.45, 2.75) is 11.8 Å². The summed E-state index contributed by atoms with van der Waals surface area (Å²) in [6.07, 6.45) is 0.0769. The fraction of sp³-hybridized carbons (Fsp3) is 0.385. The van der Waals surface area contributed by atoms with Gasteiger partial charge < -0.3 is 10.5 Å². The Bertz CT molecular complexity index is 645. The number of hydrogen-bond acceptors (Lipinski definition) is 6. The van der Waals surface area contributed by atoms with Gasteiger partial charge in [-0.1, -0.05) is 12.1 Å². The summed E-state index contributed by atoms with van der Waals surface area (Å²) in [5.74, 6) is -0.693. The van der Waals surface area contributed by atoms with Gasteiger partial charge in [-0.2, -0.15) is 4.80 Å². The molecule has 0 bridgehead atoms. The van der Waals surface area contributed by atoms with Crippen LogP contribution in [0.2, 0.25) is 0 Å². The quantitative estimate of drug-likeness (QED) is 0.777. The molecule has 1 aromatic carbocycles. The summed E-state index contributed by atoms with van der Waals surface area (Å²) in [6, 6.07) is 5.70. The van der Waals surface area contributed by atoms with Gasteiger partial charge in [0.2, 0.25) is 0 Å². The lowest BCUT2D eigenvalue weighted by Crippen LogP contribution is -2.46. The first-order valence-corrected chi connectivity index (χ1v) is 6.29. The number of nitrogens with two attached hydrogens (primary N) is 1. The molecule has 0 fully saturated rings. The summed E-state index contributed by atoms with van der Waals surface area (Å²) >= 11 is 0. The Morgan fingerprint density at radius 3 is 2.81 bits per heavy atom. The third-order valence-electron chi connectivity index (χ3n) is 3.31. The third kappa shape index (κ3) is 2.89. The molecule has 0 saturated carbocycles. The number of methoxy groups -OCH3 is 1. The predicted octanol–water partition coefficient (Wildman–Crippen LogP) is -0.0386. The zero-order valence-electron chi connectivity index (χ0n) is 11.8. The molecule has 0 aliphatic rings. The Labute approximate surface area is 120 Å². The van der Waals surface area contributed by atoms with Gasteiger partial charge in [0.05, 0.1) is 14.2 Å². The number of carbonyl (C=O) groups excluding carboxylic acids is 1. The fourth-order valence-corrected chi connectivity index (χ4v) is 2.21. The molecule has 0 saturated heterocycles. The summed E-state index contributed by atoms with van der Waals surface area (Å²) in [5.41, 5.74) is 4.99. The Kier molecular flexibility index (Phi) is 4.27. The molecule has 0 amide bonds. The SMILES string of the molecule is COC(=O)C(CN)(Cc1nnn(C)n1)c1cccc(F)c1. The molecular formula is C13H16FN5O2. The van der Waals surface area contributed by atoms with Crippen LogP contribution >= 0.6 is 0 Å². The topological polar surface area (TPSA) is 95.9 Å². The van der Waals surface area contributed by atoms with Crippen molar-refractivity contribution in [1.82, 2.24) is 20.2 Å². The minimum atomic E-state index is -1.25. The van der Waals surface area contributed by atoms with Gasteiger partial charge in [0.15, 0.2) is 5.82 Å². The van der Waals surface area contributed by atoms with Crippen molar-refractivity contribution in [3.63, 3.8) is 0 Å². The van der Waals surface area contributed by atoms with E-state index in [2.05, 4.69) is 15.4 Å². The molecule has 0 radical (unpaired) electrons. The van der Waals surface area contributed by atoms with Crippen molar-refractivity contribution in [1.29, 1.82) is 0 Å². The second kappa shape index (κ2) is 5.96. The van der Waals surface area contributed by atoms with E-state index in [4.69, 9.17) is 10.5 Å². The maximum Gasteiger partial charge on any atom is 0.318 e. The minimum absolute atomic E-state index is 0.0681. The molecule has 1 heterocycles. The number of aromatic nitrogens is 4. The van der Waals surface area contributed by atoms with Gasteiger partial charge in [-0.25, -0.2) is 4.39 Å². The monoisotopic (exact) mass is 293 g/mol. The van der Waals surface area contributed by atoms with E-state index < -0.39 is 17.2 Å². The molecule has 0 spiro atoms. The average molecular weight is 293 g/mol. The zero-order valence-corrected chi connectivity index (χ0v) is 11.8. The van der Waals surface area contributed by atoms with E-state index in [1.54, 1.807) is 13.1 Å². The molecule has 0 aliphatic carbocycles. The molecule has 1 atom stereocenters. The number of benzene rings is 1. The highest BCUT2D eigenvalue weighted by Crippen LogP contribution is 2.28. The number of aryl methyl sites for hydroxylation is 1. The number of ether oxygens (including phenoxy) is 1. The first-order valence-electron chi connectivity index (χ1n) is 6.29. The lowest BCUT2D eigenvalue weighted by atomic mass is 9.77. The number of nitrogens with zero attached hydrogens (tertiary/aromatic N) is 4. The van der Waals surface area contributed by atoms with Crippen molar-refractivity contribution in [2.24, 2.45) is 12.8 Å². The van der Waals surface area contributed by atoms with Crippen LogP contribution in [-0.2, 0) is 28.4 Å². The number of rotatable bonds is 5. The number of halogens is 1. The van der Waals surface area contributed by atoms with E-state index in [-0.39, 0.29) is 13.0 Å². The maximum absolute atomic E-state index is 13.5.